The second-order valence-corrected chi connectivity index (χ2v) is 3.80. The van der Waals surface area contributed by atoms with E-state index in [2.05, 4.69) is 0 Å². The van der Waals surface area contributed by atoms with E-state index in [-0.39, 0.29) is 5.97 Å². The van der Waals surface area contributed by atoms with Gasteiger partial charge < -0.3 is 9.47 Å². The lowest BCUT2D eigenvalue weighted by atomic mass is 10.1. The van der Waals surface area contributed by atoms with Gasteiger partial charge in [0.25, 0.3) is 0 Å². The Labute approximate surface area is 88.3 Å². The molecule has 1 aromatic carbocycles. The summed E-state index contributed by atoms with van der Waals surface area (Å²) in [6.07, 6.45) is 1.46. The summed E-state index contributed by atoms with van der Waals surface area (Å²) in [6, 6.07) is 9.30. The normalized spacial score (nSPS) is 18.8. The molecule has 3 nitrogen and oxygen atoms in total. The number of hydrogen-bond donors (Lipinski definition) is 0. The third-order valence-electron chi connectivity index (χ3n) is 2.10. The molecule has 0 bridgehead atoms. The Morgan fingerprint density at radius 1 is 1.13 bits per heavy atom. The third kappa shape index (κ3) is 2.01. The van der Waals surface area contributed by atoms with E-state index in [0.29, 0.717) is 5.57 Å². The Bertz CT molecular complexity index is 404. The van der Waals surface area contributed by atoms with Gasteiger partial charge in [-0.1, -0.05) is 30.3 Å². The molecule has 0 spiro atoms. The molecule has 0 aromatic heterocycles. The van der Waals surface area contributed by atoms with Crippen LogP contribution in [0.5, 0.6) is 0 Å². The number of carbonyl (C=O) groups excluding carboxylic acids is 1. The predicted octanol–water partition coefficient (Wildman–Crippen LogP) is 2.34. The van der Waals surface area contributed by atoms with Crippen LogP contribution in [0.4, 0.5) is 0 Å². The van der Waals surface area contributed by atoms with Gasteiger partial charge in [-0.25, -0.2) is 4.79 Å². The maximum Gasteiger partial charge on any atom is 0.345 e. The minimum Gasteiger partial charge on any atom is -0.459 e. The van der Waals surface area contributed by atoms with Gasteiger partial charge in [0, 0.05) is 13.8 Å². The van der Waals surface area contributed by atoms with Gasteiger partial charge in [0.05, 0.1) is 0 Å². The molecule has 0 unspecified atom stereocenters. The summed E-state index contributed by atoms with van der Waals surface area (Å²) in [5.74, 6) is -1.22. The predicted molar refractivity (Wildman–Crippen MR) is 55.7 cm³/mol. The number of esters is 1. The lowest BCUT2D eigenvalue weighted by molar-refractivity contribution is -0.196. The highest BCUT2D eigenvalue weighted by molar-refractivity contribution is 6.16. The number of hydrogen-bond acceptors (Lipinski definition) is 3. The van der Waals surface area contributed by atoms with Gasteiger partial charge in [-0.3, -0.25) is 0 Å². The maximum absolute atomic E-state index is 11.6. The second kappa shape index (κ2) is 3.42. The average molecular weight is 204 g/mol. The molecule has 1 aliphatic rings. The van der Waals surface area contributed by atoms with Crippen molar-refractivity contribution < 1.29 is 14.3 Å². The summed E-state index contributed by atoms with van der Waals surface area (Å²) >= 11 is 0. The molecule has 0 radical (unpaired) electrons. The molecule has 0 N–H and O–H groups in total. The van der Waals surface area contributed by atoms with Gasteiger partial charge in [-0.15, -0.1) is 0 Å². The summed E-state index contributed by atoms with van der Waals surface area (Å²) in [5.41, 5.74) is 1.26. The van der Waals surface area contributed by atoms with Crippen LogP contribution in [-0.2, 0) is 14.3 Å². The molecule has 0 aliphatic carbocycles. The van der Waals surface area contributed by atoms with E-state index in [4.69, 9.17) is 9.47 Å². The maximum atomic E-state index is 11.6. The van der Waals surface area contributed by atoms with Crippen LogP contribution >= 0.6 is 0 Å². The molecule has 1 heterocycles. The monoisotopic (exact) mass is 204 g/mol. The molecule has 0 saturated heterocycles. The van der Waals surface area contributed by atoms with Crippen molar-refractivity contribution in [1.29, 1.82) is 0 Å². The van der Waals surface area contributed by atoms with E-state index in [1.165, 1.54) is 6.26 Å². The Kier molecular flexibility index (Phi) is 2.23. The molecule has 78 valence electrons. The number of rotatable bonds is 1. The van der Waals surface area contributed by atoms with Crippen LogP contribution in [0, 0.1) is 0 Å². The highest BCUT2D eigenvalue weighted by atomic mass is 16.7. The molecule has 0 atom stereocenters. The van der Waals surface area contributed by atoms with E-state index in [9.17, 15) is 4.79 Å². The van der Waals surface area contributed by atoms with Crippen molar-refractivity contribution in [2.45, 2.75) is 19.6 Å². The lowest BCUT2D eigenvalue weighted by Crippen LogP contribution is -2.33. The van der Waals surface area contributed by atoms with Crippen LogP contribution in [0.3, 0.4) is 0 Å². The molecule has 0 fully saturated rings. The minimum atomic E-state index is -0.866. The van der Waals surface area contributed by atoms with Crippen molar-refractivity contribution in [1.82, 2.24) is 0 Å². The molecule has 1 aliphatic heterocycles. The third-order valence-corrected chi connectivity index (χ3v) is 2.10. The van der Waals surface area contributed by atoms with E-state index < -0.39 is 5.79 Å². The zero-order valence-electron chi connectivity index (χ0n) is 8.69. The van der Waals surface area contributed by atoms with E-state index >= 15 is 0 Å². The van der Waals surface area contributed by atoms with Crippen LogP contribution in [0.25, 0.3) is 5.57 Å². The molecule has 0 saturated carbocycles. The summed E-state index contributed by atoms with van der Waals surface area (Å²) in [5, 5.41) is 0. The van der Waals surface area contributed by atoms with Crippen LogP contribution in [-0.4, -0.2) is 11.8 Å². The topological polar surface area (TPSA) is 35.5 Å². The van der Waals surface area contributed by atoms with Gasteiger partial charge in [-0.2, -0.15) is 0 Å². The van der Waals surface area contributed by atoms with Gasteiger partial charge in [-0.05, 0) is 5.56 Å². The van der Waals surface area contributed by atoms with Crippen molar-refractivity contribution in [3.63, 3.8) is 0 Å². The molecule has 3 heteroatoms. The van der Waals surface area contributed by atoms with Crippen LogP contribution in [0.15, 0.2) is 36.6 Å². The molecular weight excluding hydrogens is 192 g/mol. The van der Waals surface area contributed by atoms with Gasteiger partial charge in [0.1, 0.15) is 11.8 Å². The highest BCUT2D eigenvalue weighted by Crippen LogP contribution is 2.26. The fraction of sp³-hybridized carbons (Fsp3) is 0.250. The quantitative estimate of drug-likeness (QED) is 0.658. The first-order valence-corrected chi connectivity index (χ1v) is 4.75. The van der Waals surface area contributed by atoms with Crippen molar-refractivity contribution in [2.24, 2.45) is 0 Å². The van der Waals surface area contributed by atoms with Crippen molar-refractivity contribution in [3.05, 3.63) is 42.2 Å². The Hall–Kier alpha value is -1.77. The first kappa shape index (κ1) is 9.77. The van der Waals surface area contributed by atoms with Gasteiger partial charge >= 0.3 is 5.97 Å². The highest BCUT2D eigenvalue weighted by Gasteiger charge is 2.31. The number of carbonyl (C=O) groups is 1. The SMILES string of the molecule is CC1(C)OC=C(c2ccccc2)C(=O)O1. The standard InChI is InChI=1S/C12H12O3/c1-12(2)14-8-10(11(13)15-12)9-6-4-3-5-7-9/h3-8H,1-2H3. The van der Waals surface area contributed by atoms with Crippen LogP contribution in [0.1, 0.15) is 19.4 Å². The van der Waals surface area contributed by atoms with Crippen molar-refractivity contribution in [2.75, 3.05) is 0 Å². The smallest absolute Gasteiger partial charge is 0.345 e. The van der Waals surface area contributed by atoms with Crippen molar-refractivity contribution >= 4 is 11.5 Å². The second-order valence-electron chi connectivity index (χ2n) is 3.80. The zero-order valence-corrected chi connectivity index (χ0v) is 8.69. The fourth-order valence-corrected chi connectivity index (χ4v) is 1.35. The average Bonchev–Trinajstić information content (AvgIpc) is 2.17. The molecule has 1 aromatic rings. The van der Waals surface area contributed by atoms with Gasteiger partial charge in [0.2, 0.25) is 5.79 Å². The van der Waals surface area contributed by atoms with E-state index in [0.717, 1.165) is 5.56 Å². The molecular formula is C12H12O3. The van der Waals surface area contributed by atoms with E-state index in [1.54, 1.807) is 13.8 Å². The van der Waals surface area contributed by atoms with Crippen LogP contribution < -0.4 is 0 Å². The lowest BCUT2D eigenvalue weighted by Gasteiger charge is -2.29. The number of benzene rings is 1. The Morgan fingerprint density at radius 3 is 2.40 bits per heavy atom. The number of cyclic esters (lactones) is 1. The van der Waals surface area contributed by atoms with E-state index in [1.807, 2.05) is 30.3 Å². The molecule has 0 amide bonds. The van der Waals surface area contributed by atoms with Crippen molar-refractivity contribution in [3.8, 4) is 0 Å². The summed E-state index contributed by atoms with van der Waals surface area (Å²) in [7, 11) is 0. The summed E-state index contributed by atoms with van der Waals surface area (Å²) in [6.45, 7) is 3.40. The fourth-order valence-electron chi connectivity index (χ4n) is 1.35. The first-order valence-electron chi connectivity index (χ1n) is 4.75. The number of ether oxygens (including phenoxy) is 2. The zero-order chi connectivity index (χ0) is 10.9. The first-order chi connectivity index (χ1) is 7.08. The van der Waals surface area contributed by atoms with Crippen LogP contribution in [0.2, 0.25) is 0 Å². The summed E-state index contributed by atoms with van der Waals surface area (Å²) in [4.78, 5) is 11.6. The Morgan fingerprint density at radius 2 is 1.80 bits per heavy atom. The Balaban J connectivity index is 2.33. The summed E-state index contributed by atoms with van der Waals surface area (Å²) < 4.78 is 10.4. The largest absolute Gasteiger partial charge is 0.459 e. The van der Waals surface area contributed by atoms with Gasteiger partial charge in [0.15, 0.2) is 0 Å². The molecule has 15 heavy (non-hydrogen) atoms. The molecule has 2 rings (SSSR count). The minimum absolute atomic E-state index is 0.350.